The third-order valence-electron chi connectivity index (χ3n) is 6.28. The first-order chi connectivity index (χ1) is 10.8. The van der Waals surface area contributed by atoms with E-state index in [1.54, 1.807) is 12.1 Å². The van der Waals surface area contributed by atoms with Gasteiger partial charge in [0.1, 0.15) is 5.82 Å². The Bertz CT molecular complexity index is 449. The molecule has 3 rings (SSSR count). The predicted octanol–water partition coefficient (Wildman–Crippen LogP) is 6.71. The lowest BCUT2D eigenvalue weighted by Crippen LogP contribution is -2.30. The molecule has 2 fully saturated rings. The van der Waals surface area contributed by atoms with E-state index in [1.165, 1.54) is 69.8 Å². The van der Waals surface area contributed by atoms with Gasteiger partial charge in [0.05, 0.1) is 0 Å². The second-order valence-corrected chi connectivity index (χ2v) is 7.76. The van der Waals surface area contributed by atoms with Crippen molar-refractivity contribution in [3.05, 3.63) is 35.6 Å². The summed E-state index contributed by atoms with van der Waals surface area (Å²) in [7, 11) is 0. The molecule has 0 aliphatic heterocycles. The molecule has 1 aromatic carbocycles. The summed E-state index contributed by atoms with van der Waals surface area (Å²) >= 11 is 0. The summed E-state index contributed by atoms with van der Waals surface area (Å²) in [6.07, 6.45) is 14.1. The maximum atomic E-state index is 13.1. The third-order valence-corrected chi connectivity index (χ3v) is 6.28. The van der Waals surface area contributed by atoms with E-state index in [4.69, 9.17) is 0 Å². The minimum Gasteiger partial charge on any atom is -0.207 e. The van der Waals surface area contributed by atoms with Crippen molar-refractivity contribution in [2.45, 2.75) is 77.0 Å². The van der Waals surface area contributed by atoms with Crippen LogP contribution in [0.15, 0.2) is 24.3 Å². The normalized spacial score (nSPS) is 31.7. The van der Waals surface area contributed by atoms with Gasteiger partial charge in [-0.3, -0.25) is 0 Å². The minimum atomic E-state index is -0.106. The molecule has 0 radical (unpaired) electrons. The Kier molecular flexibility index (Phi) is 5.55. The Morgan fingerprint density at radius 3 is 2.41 bits per heavy atom. The van der Waals surface area contributed by atoms with Gasteiger partial charge in [0, 0.05) is 0 Å². The first kappa shape index (κ1) is 16.0. The maximum absolute atomic E-state index is 13.1. The van der Waals surface area contributed by atoms with Crippen molar-refractivity contribution in [3.8, 4) is 0 Å². The van der Waals surface area contributed by atoms with E-state index in [-0.39, 0.29) is 5.82 Å². The molecule has 2 saturated carbocycles. The van der Waals surface area contributed by atoms with Gasteiger partial charge >= 0.3 is 0 Å². The predicted molar refractivity (Wildman–Crippen MR) is 91.5 cm³/mol. The topological polar surface area (TPSA) is 0 Å². The highest BCUT2D eigenvalue weighted by atomic mass is 19.1. The zero-order valence-electron chi connectivity index (χ0n) is 14.1. The fraction of sp³-hybridized carbons (Fsp3) is 0.714. The zero-order valence-corrected chi connectivity index (χ0v) is 14.1. The van der Waals surface area contributed by atoms with E-state index in [0.29, 0.717) is 5.92 Å². The summed E-state index contributed by atoms with van der Waals surface area (Å²) in [5.74, 6) is 3.50. The van der Waals surface area contributed by atoms with Gasteiger partial charge in [0.15, 0.2) is 0 Å². The number of fused-ring (bicyclic) bond motifs is 1. The molecule has 0 bridgehead atoms. The molecule has 4 atom stereocenters. The summed E-state index contributed by atoms with van der Waals surface area (Å²) < 4.78 is 13.1. The van der Waals surface area contributed by atoms with Crippen LogP contribution in [0.3, 0.4) is 0 Å². The summed E-state index contributed by atoms with van der Waals surface area (Å²) in [6.45, 7) is 2.30. The van der Waals surface area contributed by atoms with E-state index in [9.17, 15) is 4.39 Å². The SMILES string of the molecule is CCCCCC1CCC2CC(c3ccc(F)cc3)CCC2C1. The molecule has 22 heavy (non-hydrogen) atoms. The van der Waals surface area contributed by atoms with Crippen LogP contribution < -0.4 is 0 Å². The number of benzene rings is 1. The highest BCUT2D eigenvalue weighted by Crippen LogP contribution is 2.48. The number of halogens is 1. The standard InChI is InChI=1S/C21H31F/c1-2-3-4-5-16-6-7-20-15-19(9-8-18(20)14-16)17-10-12-21(22)13-11-17/h10-13,16,18-20H,2-9,14-15H2,1H3. The summed E-state index contributed by atoms with van der Waals surface area (Å²) in [4.78, 5) is 0. The number of rotatable bonds is 5. The van der Waals surface area contributed by atoms with Gasteiger partial charge in [0.2, 0.25) is 0 Å². The van der Waals surface area contributed by atoms with Gasteiger partial charge < -0.3 is 0 Å². The Morgan fingerprint density at radius 1 is 0.909 bits per heavy atom. The van der Waals surface area contributed by atoms with Crippen LogP contribution in [-0.2, 0) is 0 Å². The van der Waals surface area contributed by atoms with Crippen molar-refractivity contribution >= 4 is 0 Å². The molecule has 0 nitrogen and oxygen atoms in total. The molecule has 0 amide bonds. The number of hydrogen-bond acceptors (Lipinski definition) is 0. The summed E-state index contributed by atoms with van der Waals surface area (Å²) in [5, 5.41) is 0. The zero-order chi connectivity index (χ0) is 15.4. The average Bonchev–Trinajstić information content (AvgIpc) is 2.55. The molecule has 0 heterocycles. The first-order valence-electron chi connectivity index (χ1n) is 9.51. The molecule has 1 heteroatoms. The van der Waals surface area contributed by atoms with Crippen molar-refractivity contribution in [1.82, 2.24) is 0 Å². The second kappa shape index (κ2) is 7.62. The Labute approximate surface area is 135 Å². The number of unbranched alkanes of at least 4 members (excludes halogenated alkanes) is 2. The largest absolute Gasteiger partial charge is 0.207 e. The highest BCUT2D eigenvalue weighted by molar-refractivity contribution is 5.21. The molecule has 1 aromatic rings. The lowest BCUT2D eigenvalue weighted by Gasteiger charge is -2.42. The van der Waals surface area contributed by atoms with Gasteiger partial charge in [-0.25, -0.2) is 4.39 Å². The average molecular weight is 302 g/mol. The van der Waals surface area contributed by atoms with Crippen LogP contribution in [0, 0.1) is 23.6 Å². The van der Waals surface area contributed by atoms with Crippen LogP contribution in [-0.4, -0.2) is 0 Å². The van der Waals surface area contributed by atoms with Crippen molar-refractivity contribution in [3.63, 3.8) is 0 Å². The molecular weight excluding hydrogens is 271 g/mol. The van der Waals surface area contributed by atoms with Crippen LogP contribution in [0.5, 0.6) is 0 Å². The van der Waals surface area contributed by atoms with Crippen molar-refractivity contribution in [2.24, 2.45) is 17.8 Å². The van der Waals surface area contributed by atoms with Crippen LogP contribution in [0.2, 0.25) is 0 Å². The van der Waals surface area contributed by atoms with Gasteiger partial charge in [-0.2, -0.15) is 0 Å². The molecule has 0 spiro atoms. The maximum Gasteiger partial charge on any atom is 0.123 e. The van der Waals surface area contributed by atoms with E-state index >= 15 is 0 Å². The lowest BCUT2D eigenvalue weighted by atomic mass is 9.63. The van der Waals surface area contributed by atoms with Crippen LogP contribution >= 0.6 is 0 Å². The Morgan fingerprint density at radius 2 is 1.64 bits per heavy atom. The molecular formula is C21H31F. The van der Waals surface area contributed by atoms with Crippen LogP contribution in [0.25, 0.3) is 0 Å². The molecule has 4 unspecified atom stereocenters. The fourth-order valence-corrected chi connectivity index (χ4v) is 4.97. The first-order valence-corrected chi connectivity index (χ1v) is 9.51. The van der Waals surface area contributed by atoms with E-state index in [0.717, 1.165) is 17.8 Å². The molecule has 2 aliphatic carbocycles. The summed E-state index contributed by atoms with van der Waals surface area (Å²) in [6, 6.07) is 7.28. The monoisotopic (exact) mass is 302 g/mol. The van der Waals surface area contributed by atoms with Crippen molar-refractivity contribution in [2.75, 3.05) is 0 Å². The van der Waals surface area contributed by atoms with E-state index in [2.05, 4.69) is 6.92 Å². The smallest absolute Gasteiger partial charge is 0.123 e. The van der Waals surface area contributed by atoms with E-state index in [1.807, 2.05) is 12.1 Å². The highest BCUT2D eigenvalue weighted by Gasteiger charge is 2.35. The lowest BCUT2D eigenvalue weighted by molar-refractivity contribution is 0.113. The molecule has 122 valence electrons. The second-order valence-electron chi connectivity index (χ2n) is 7.76. The molecule has 0 saturated heterocycles. The molecule has 0 aromatic heterocycles. The Balaban J connectivity index is 1.52. The van der Waals surface area contributed by atoms with E-state index < -0.39 is 0 Å². The molecule has 0 N–H and O–H groups in total. The van der Waals surface area contributed by atoms with Crippen LogP contribution in [0.4, 0.5) is 4.39 Å². The van der Waals surface area contributed by atoms with Gasteiger partial charge in [0.25, 0.3) is 0 Å². The molecule has 2 aliphatic rings. The van der Waals surface area contributed by atoms with Gasteiger partial charge in [-0.05, 0) is 73.5 Å². The number of hydrogen-bond donors (Lipinski definition) is 0. The fourth-order valence-electron chi connectivity index (χ4n) is 4.97. The van der Waals surface area contributed by atoms with Crippen molar-refractivity contribution < 1.29 is 4.39 Å². The van der Waals surface area contributed by atoms with Gasteiger partial charge in [-0.1, -0.05) is 51.2 Å². The van der Waals surface area contributed by atoms with Crippen molar-refractivity contribution in [1.29, 1.82) is 0 Å². The minimum absolute atomic E-state index is 0.106. The quantitative estimate of drug-likeness (QED) is 0.530. The van der Waals surface area contributed by atoms with Crippen LogP contribution in [0.1, 0.15) is 82.6 Å². The summed E-state index contributed by atoms with van der Waals surface area (Å²) in [5.41, 5.74) is 1.37. The van der Waals surface area contributed by atoms with Gasteiger partial charge in [-0.15, -0.1) is 0 Å². The third kappa shape index (κ3) is 3.91. The Hall–Kier alpha value is -0.850.